The number of benzene rings is 1. The van der Waals surface area contributed by atoms with Crippen molar-refractivity contribution in [1.82, 2.24) is 10.2 Å². The van der Waals surface area contributed by atoms with E-state index in [0.29, 0.717) is 19.6 Å². The summed E-state index contributed by atoms with van der Waals surface area (Å²) in [6.45, 7) is 11.1. The lowest BCUT2D eigenvalue weighted by Crippen LogP contribution is -2.49. The Morgan fingerprint density at radius 2 is 1.91 bits per heavy atom. The van der Waals surface area contributed by atoms with Crippen LogP contribution in [0, 0.1) is 13.8 Å². The summed E-state index contributed by atoms with van der Waals surface area (Å²) >= 11 is 0. The molecule has 1 aliphatic heterocycles. The van der Waals surface area contributed by atoms with Crippen molar-refractivity contribution in [1.29, 1.82) is 0 Å². The van der Waals surface area contributed by atoms with Gasteiger partial charge in [0.2, 0.25) is 11.8 Å². The summed E-state index contributed by atoms with van der Waals surface area (Å²) in [6.07, 6.45) is 1.52. The zero-order chi connectivity index (χ0) is 16.8. The molecule has 1 N–H and O–H groups in total. The molecule has 5 heteroatoms. The van der Waals surface area contributed by atoms with Gasteiger partial charge < -0.3 is 15.1 Å². The predicted octanol–water partition coefficient (Wildman–Crippen LogP) is 1.64. The van der Waals surface area contributed by atoms with Gasteiger partial charge in [0.1, 0.15) is 6.42 Å². The smallest absolute Gasteiger partial charge is 0.232 e. The third kappa shape index (κ3) is 4.34. The van der Waals surface area contributed by atoms with E-state index in [2.05, 4.69) is 48.8 Å². The van der Waals surface area contributed by atoms with Gasteiger partial charge >= 0.3 is 0 Å². The van der Waals surface area contributed by atoms with Crippen molar-refractivity contribution in [3.8, 4) is 0 Å². The molecule has 1 fully saturated rings. The number of amides is 2. The van der Waals surface area contributed by atoms with E-state index in [1.54, 1.807) is 11.0 Å². The Bertz CT molecular complexity index is 590. The van der Waals surface area contributed by atoms with Crippen LogP contribution in [-0.2, 0) is 9.59 Å². The molecule has 0 saturated carbocycles. The average Bonchev–Trinajstić information content (AvgIpc) is 2.55. The average molecular weight is 315 g/mol. The summed E-state index contributed by atoms with van der Waals surface area (Å²) in [5.74, 6) is -0.348. The highest BCUT2D eigenvalue weighted by Gasteiger charge is 2.23. The second-order valence-electron chi connectivity index (χ2n) is 5.86. The Morgan fingerprint density at radius 1 is 1.22 bits per heavy atom. The number of piperazine rings is 1. The van der Waals surface area contributed by atoms with Crippen molar-refractivity contribution in [3.05, 3.63) is 42.0 Å². The van der Waals surface area contributed by atoms with Gasteiger partial charge in [-0.1, -0.05) is 18.2 Å². The molecule has 5 nitrogen and oxygen atoms in total. The lowest BCUT2D eigenvalue weighted by molar-refractivity contribution is -0.136. The molecule has 23 heavy (non-hydrogen) atoms. The van der Waals surface area contributed by atoms with Crippen molar-refractivity contribution >= 4 is 17.5 Å². The molecule has 0 radical (unpaired) electrons. The van der Waals surface area contributed by atoms with Gasteiger partial charge in [0, 0.05) is 38.4 Å². The number of rotatable bonds is 5. The largest absolute Gasteiger partial charge is 0.368 e. The maximum atomic E-state index is 12.2. The molecular weight excluding hydrogens is 290 g/mol. The summed E-state index contributed by atoms with van der Waals surface area (Å²) in [7, 11) is 0. The van der Waals surface area contributed by atoms with Crippen LogP contribution in [0.2, 0.25) is 0 Å². The predicted molar refractivity (Wildman–Crippen MR) is 92.5 cm³/mol. The summed E-state index contributed by atoms with van der Waals surface area (Å²) in [5, 5.41) is 2.64. The molecule has 2 rings (SSSR count). The van der Waals surface area contributed by atoms with E-state index >= 15 is 0 Å². The molecule has 0 unspecified atom stereocenters. The monoisotopic (exact) mass is 315 g/mol. The lowest BCUT2D eigenvalue weighted by Gasteiger charge is -2.37. The first kappa shape index (κ1) is 17.1. The van der Waals surface area contributed by atoms with Gasteiger partial charge in [0.25, 0.3) is 0 Å². The molecular formula is C18H25N3O2. The fraction of sp³-hybridized carbons (Fsp3) is 0.444. The van der Waals surface area contributed by atoms with E-state index < -0.39 is 0 Å². The van der Waals surface area contributed by atoms with Gasteiger partial charge in [-0.3, -0.25) is 9.59 Å². The van der Waals surface area contributed by atoms with Crippen LogP contribution in [0.1, 0.15) is 17.5 Å². The van der Waals surface area contributed by atoms with Gasteiger partial charge in [0.05, 0.1) is 0 Å². The third-order valence-electron chi connectivity index (χ3n) is 4.30. The van der Waals surface area contributed by atoms with Crippen molar-refractivity contribution in [3.63, 3.8) is 0 Å². The van der Waals surface area contributed by atoms with Crippen LogP contribution in [0.15, 0.2) is 30.9 Å². The molecule has 0 aliphatic carbocycles. The van der Waals surface area contributed by atoms with Crippen LogP contribution in [-0.4, -0.2) is 49.4 Å². The first-order valence-corrected chi connectivity index (χ1v) is 7.99. The Hall–Kier alpha value is -2.30. The SMILES string of the molecule is C=CCNC(=O)CC(=O)N1CCN(c2cccc(C)c2C)CC1. The Balaban J connectivity index is 1.88. The maximum Gasteiger partial charge on any atom is 0.232 e. The topological polar surface area (TPSA) is 52.7 Å². The highest BCUT2D eigenvalue weighted by atomic mass is 16.2. The Morgan fingerprint density at radius 3 is 2.57 bits per heavy atom. The van der Waals surface area contributed by atoms with Crippen LogP contribution >= 0.6 is 0 Å². The van der Waals surface area contributed by atoms with E-state index in [1.807, 2.05) is 0 Å². The number of hydrogen-bond acceptors (Lipinski definition) is 3. The van der Waals surface area contributed by atoms with Crippen LogP contribution in [0.25, 0.3) is 0 Å². The maximum absolute atomic E-state index is 12.2. The minimum atomic E-state index is -0.244. The van der Waals surface area contributed by atoms with Crippen molar-refractivity contribution < 1.29 is 9.59 Å². The summed E-state index contributed by atoms with van der Waals surface area (Å²) in [6, 6.07) is 6.31. The lowest BCUT2D eigenvalue weighted by atomic mass is 10.1. The quantitative estimate of drug-likeness (QED) is 0.664. The van der Waals surface area contributed by atoms with Crippen LogP contribution in [0.5, 0.6) is 0 Å². The van der Waals surface area contributed by atoms with Crippen LogP contribution in [0.4, 0.5) is 5.69 Å². The zero-order valence-electron chi connectivity index (χ0n) is 14.0. The minimum absolute atomic E-state index is 0.0860. The van der Waals surface area contributed by atoms with Gasteiger partial charge in [-0.25, -0.2) is 0 Å². The first-order chi connectivity index (χ1) is 11.0. The molecule has 1 heterocycles. The molecule has 1 saturated heterocycles. The van der Waals surface area contributed by atoms with E-state index in [9.17, 15) is 9.59 Å². The molecule has 0 aromatic heterocycles. The standard InChI is InChI=1S/C18H25N3O2/c1-4-8-19-17(22)13-18(23)21-11-9-20(10-12-21)16-7-5-6-14(2)15(16)3/h4-7H,1,8-13H2,2-3H3,(H,19,22). The zero-order valence-corrected chi connectivity index (χ0v) is 14.0. The van der Waals surface area contributed by atoms with Crippen molar-refractivity contribution in [2.45, 2.75) is 20.3 Å². The number of nitrogens with one attached hydrogen (secondary N) is 1. The molecule has 1 aliphatic rings. The normalized spacial score (nSPS) is 14.5. The first-order valence-electron chi connectivity index (χ1n) is 7.99. The van der Waals surface area contributed by atoms with E-state index in [-0.39, 0.29) is 18.2 Å². The second kappa shape index (κ2) is 7.81. The fourth-order valence-electron chi connectivity index (χ4n) is 2.77. The molecule has 0 atom stereocenters. The number of nitrogens with zero attached hydrogens (tertiary/aromatic N) is 2. The van der Waals surface area contributed by atoms with Crippen molar-refractivity contribution in [2.24, 2.45) is 0 Å². The minimum Gasteiger partial charge on any atom is -0.368 e. The van der Waals surface area contributed by atoms with Crippen molar-refractivity contribution in [2.75, 3.05) is 37.6 Å². The second-order valence-corrected chi connectivity index (χ2v) is 5.86. The number of anilines is 1. The van der Waals surface area contributed by atoms with Gasteiger partial charge in [-0.2, -0.15) is 0 Å². The summed E-state index contributed by atoms with van der Waals surface area (Å²) in [5.41, 5.74) is 3.80. The molecule has 124 valence electrons. The number of carbonyl (C=O) groups excluding carboxylic acids is 2. The van der Waals surface area contributed by atoms with Gasteiger partial charge in [0.15, 0.2) is 0 Å². The molecule has 1 aromatic carbocycles. The Labute approximate surface area is 138 Å². The van der Waals surface area contributed by atoms with E-state index in [1.165, 1.54) is 16.8 Å². The Kier molecular flexibility index (Phi) is 5.79. The summed E-state index contributed by atoms with van der Waals surface area (Å²) < 4.78 is 0. The highest BCUT2D eigenvalue weighted by molar-refractivity contribution is 5.97. The molecule has 0 bridgehead atoms. The highest BCUT2D eigenvalue weighted by Crippen LogP contribution is 2.23. The van der Waals surface area contributed by atoms with Gasteiger partial charge in [-0.15, -0.1) is 6.58 Å². The number of hydrogen-bond donors (Lipinski definition) is 1. The van der Waals surface area contributed by atoms with Crippen LogP contribution in [0.3, 0.4) is 0 Å². The number of carbonyl (C=O) groups is 2. The molecule has 1 aromatic rings. The third-order valence-corrected chi connectivity index (χ3v) is 4.30. The number of aryl methyl sites for hydroxylation is 1. The molecule has 0 spiro atoms. The van der Waals surface area contributed by atoms with E-state index in [0.717, 1.165) is 13.1 Å². The van der Waals surface area contributed by atoms with Crippen LogP contribution < -0.4 is 10.2 Å². The van der Waals surface area contributed by atoms with E-state index in [4.69, 9.17) is 0 Å². The molecule has 2 amide bonds. The summed E-state index contributed by atoms with van der Waals surface area (Å²) in [4.78, 5) is 27.8. The van der Waals surface area contributed by atoms with Gasteiger partial charge in [-0.05, 0) is 31.0 Å². The fourth-order valence-corrected chi connectivity index (χ4v) is 2.77.